The highest BCUT2D eigenvalue weighted by atomic mass is 19.1. The zero-order valence-electron chi connectivity index (χ0n) is 20.7. The van der Waals surface area contributed by atoms with Crippen LogP contribution in [0.1, 0.15) is 26.5 Å². The highest BCUT2D eigenvalue weighted by molar-refractivity contribution is 5.99. The van der Waals surface area contributed by atoms with Crippen molar-refractivity contribution in [1.82, 2.24) is 29.7 Å². The zero-order valence-corrected chi connectivity index (χ0v) is 20.7. The number of aromatic amines is 1. The van der Waals surface area contributed by atoms with Crippen molar-refractivity contribution in [3.05, 3.63) is 89.1 Å². The number of urea groups is 1. The summed E-state index contributed by atoms with van der Waals surface area (Å²) in [5, 5.41) is 9.87. The molecule has 0 spiro atoms. The van der Waals surface area contributed by atoms with Gasteiger partial charge in [-0.3, -0.25) is 15.1 Å². The number of pyridine rings is 2. The van der Waals surface area contributed by atoms with Gasteiger partial charge in [-0.25, -0.2) is 23.8 Å². The normalized spacial score (nSPS) is 11.4. The lowest BCUT2D eigenvalue weighted by Gasteiger charge is -2.14. The Kier molecular flexibility index (Phi) is 6.29. The first-order valence-corrected chi connectivity index (χ1v) is 11.6. The lowest BCUT2D eigenvalue weighted by Crippen LogP contribution is -2.22. The number of carbonyl (C=O) groups is 1. The molecule has 192 valence electrons. The number of nitrogens with one attached hydrogen (secondary N) is 3. The minimum absolute atomic E-state index is 0.0552. The van der Waals surface area contributed by atoms with Gasteiger partial charge in [-0.15, -0.1) is 0 Å². The van der Waals surface area contributed by atoms with Gasteiger partial charge in [0.25, 0.3) is 5.56 Å². The molecule has 0 atom stereocenters. The van der Waals surface area contributed by atoms with Crippen LogP contribution in [0.3, 0.4) is 0 Å². The molecule has 12 heteroatoms. The standard InChI is InChI=1S/C26H23FN8O3/c1-26(2,3)20-12-21(35(34-20)15-5-4-9-28-13-15)32-25(37)31-18-7-6-16(11-17(18)27)38-19-8-10-29-24-23(19)30-14-22(36)33-24/h4-14H,1-3H3,(H,29,33,36)(H2,31,32,37). The Morgan fingerprint density at radius 1 is 1.05 bits per heavy atom. The van der Waals surface area contributed by atoms with Gasteiger partial charge in [0.15, 0.2) is 11.4 Å². The fraction of sp³-hybridized carbons (Fsp3) is 0.154. The predicted octanol–water partition coefficient (Wildman–Crippen LogP) is 4.77. The first-order valence-electron chi connectivity index (χ1n) is 11.6. The Bertz CT molecular complexity index is 1690. The molecule has 1 aromatic carbocycles. The van der Waals surface area contributed by atoms with Gasteiger partial charge in [0.05, 0.1) is 29.5 Å². The molecule has 11 nitrogen and oxygen atoms in total. The van der Waals surface area contributed by atoms with E-state index < -0.39 is 17.4 Å². The maximum absolute atomic E-state index is 14.9. The second kappa shape index (κ2) is 9.73. The van der Waals surface area contributed by atoms with Gasteiger partial charge in [0.2, 0.25) is 0 Å². The van der Waals surface area contributed by atoms with Crippen LogP contribution in [0.4, 0.5) is 20.7 Å². The molecule has 0 aliphatic carbocycles. The third-order valence-electron chi connectivity index (χ3n) is 5.47. The lowest BCUT2D eigenvalue weighted by molar-refractivity contribution is 0.262. The summed E-state index contributed by atoms with van der Waals surface area (Å²) >= 11 is 0. The monoisotopic (exact) mass is 514 g/mol. The quantitative estimate of drug-likeness (QED) is 0.307. The Morgan fingerprint density at radius 2 is 1.89 bits per heavy atom. The van der Waals surface area contributed by atoms with E-state index in [1.165, 1.54) is 18.3 Å². The van der Waals surface area contributed by atoms with E-state index in [0.29, 0.717) is 17.0 Å². The molecule has 0 radical (unpaired) electrons. The van der Waals surface area contributed by atoms with Gasteiger partial charge in [-0.2, -0.15) is 5.10 Å². The average Bonchev–Trinajstić information content (AvgIpc) is 3.30. The van der Waals surface area contributed by atoms with Crippen LogP contribution in [0.25, 0.3) is 16.9 Å². The summed E-state index contributed by atoms with van der Waals surface area (Å²) in [6, 6.07) is 10.2. The maximum atomic E-state index is 14.9. The van der Waals surface area contributed by atoms with Gasteiger partial charge >= 0.3 is 6.03 Å². The average molecular weight is 515 g/mol. The number of ether oxygens (including phenoxy) is 1. The van der Waals surface area contributed by atoms with Gasteiger partial charge in [0.1, 0.15) is 22.9 Å². The van der Waals surface area contributed by atoms with Crippen molar-refractivity contribution in [2.75, 3.05) is 10.6 Å². The van der Waals surface area contributed by atoms with Crippen molar-refractivity contribution in [3.8, 4) is 17.2 Å². The summed E-state index contributed by atoms with van der Waals surface area (Å²) < 4.78 is 22.2. The van der Waals surface area contributed by atoms with Crippen LogP contribution in [0.15, 0.2) is 72.0 Å². The molecule has 4 aromatic heterocycles. The number of anilines is 2. The highest BCUT2D eigenvalue weighted by Crippen LogP contribution is 2.29. The molecule has 0 aliphatic rings. The number of nitrogens with zero attached hydrogens (tertiary/aromatic N) is 5. The van der Waals surface area contributed by atoms with E-state index >= 15 is 0 Å². The van der Waals surface area contributed by atoms with Crippen molar-refractivity contribution in [2.24, 2.45) is 0 Å². The zero-order chi connectivity index (χ0) is 26.9. The van der Waals surface area contributed by atoms with Crippen molar-refractivity contribution >= 4 is 28.7 Å². The van der Waals surface area contributed by atoms with E-state index in [0.717, 1.165) is 18.0 Å². The van der Waals surface area contributed by atoms with Crippen molar-refractivity contribution < 1.29 is 13.9 Å². The third kappa shape index (κ3) is 5.19. The minimum atomic E-state index is -0.714. The summed E-state index contributed by atoms with van der Waals surface area (Å²) in [6.07, 6.45) is 5.81. The van der Waals surface area contributed by atoms with Gasteiger partial charge in [0, 0.05) is 36.0 Å². The fourth-order valence-electron chi connectivity index (χ4n) is 3.58. The van der Waals surface area contributed by atoms with Crippen LogP contribution in [-0.4, -0.2) is 35.7 Å². The molecule has 4 heterocycles. The SMILES string of the molecule is CC(C)(C)c1cc(NC(=O)Nc2ccc(Oc3ccnc4[nH]c(=O)cnc34)cc2F)n(-c2cccnc2)n1. The smallest absolute Gasteiger partial charge is 0.324 e. The van der Waals surface area contributed by atoms with E-state index in [1.807, 2.05) is 26.8 Å². The number of halogens is 1. The van der Waals surface area contributed by atoms with Gasteiger partial charge < -0.3 is 15.0 Å². The molecule has 5 rings (SSSR count). The number of fused-ring (bicyclic) bond motifs is 1. The summed E-state index contributed by atoms with van der Waals surface area (Å²) in [4.78, 5) is 39.0. The summed E-state index contributed by atoms with van der Waals surface area (Å²) in [6.45, 7) is 6.03. The number of benzene rings is 1. The van der Waals surface area contributed by atoms with Crippen molar-refractivity contribution in [1.29, 1.82) is 0 Å². The molecule has 2 amide bonds. The van der Waals surface area contributed by atoms with Crippen LogP contribution in [0.2, 0.25) is 0 Å². The van der Waals surface area contributed by atoms with E-state index in [1.54, 1.807) is 35.3 Å². The number of rotatable bonds is 5. The summed E-state index contributed by atoms with van der Waals surface area (Å²) in [5.41, 5.74) is 1.24. The molecular weight excluding hydrogens is 491 g/mol. The number of hydrogen-bond donors (Lipinski definition) is 3. The fourth-order valence-corrected chi connectivity index (χ4v) is 3.58. The first-order chi connectivity index (χ1) is 18.2. The number of hydrogen-bond acceptors (Lipinski definition) is 7. The highest BCUT2D eigenvalue weighted by Gasteiger charge is 2.22. The molecule has 5 aromatic rings. The molecule has 0 unspecified atom stereocenters. The molecule has 0 saturated heterocycles. The number of aromatic nitrogens is 6. The minimum Gasteiger partial charge on any atom is -0.455 e. The van der Waals surface area contributed by atoms with Gasteiger partial charge in [-0.05, 0) is 24.3 Å². The molecule has 0 aliphatic heterocycles. The van der Waals surface area contributed by atoms with Gasteiger partial charge in [-0.1, -0.05) is 20.8 Å². The predicted molar refractivity (Wildman–Crippen MR) is 139 cm³/mol. The summed E-state index contributed by atoms with van der Waals surface area (Å²) in [7, 11) is 0. The molecule has 3 N–H and O–H groups in total. The molecular formula is C26H23FN8O3. The Labute approximate surface area is 215 Å². The van der Waals surface area contributed by atoms with Crippen LogP contribution < -0.4 is 20.9 Å². The maximum Gasteiger partial charge on any atom is 0.324 e. The largest absolute Gasteiger partial charge is 0.455 e. The third-order valence-corrected chi connectivity index (χ3v) is 5.47. The van der Waals surface area contributed by atoms with Crippen LogP contribution >= 0.6 is 0 Å². The topological polar surface area (TPSA) is 140 Å². The number of H-pyrrole nitrogens is 1. The van der Waals surface area contributed by atoms with Crippen LogP contribution in [-0.2, 0) is 5.41 Å². The first kappa shape index (κ1) is 24.6. The van der Waals surface area contributed by atoms with E-state index in [2.05, 4.69) is 35.7 Å². The summed E-state index contributed by atoms with van der Waals surface area (Å²) in [5.74, 6) is 0.130. The number of amides is 2. The van der Waals surface area contributed by atoms with E-state index in [-0.39, 0.29) is 28.2 Å². The molecule has 38 heavy (non-hydrogen) atoms. The Morgan fingerprint density at radius 3 is 2.63 bits per heavy atom. The van der Waals surface area contributed by atoms with Crippen molar-refractivity contribution in [2.45, 2.75) is 26.2 Å². The molecule has 0 saturated carbocycles. The van der Waals surface area contributed by atoms with Crippen LogP contribution in [0, 0.1) is 5.82 Å². The number of carbonyl (C=O) groups excluding carboxylic acids is 1. The lowest BCUT2D eigenvalue weighted by atomic mass is 9.92. The molecule has 0 fully saturated rings. The second-order valence-electron chi connectivity index (χ2n) is 9.36. The Hall–Kier alpha value is -5.13. The molecule has 0 bridgehead atoms. The van der Waals surface area contributed by atoms with Crippen LogP contribution in [0.5, 0.6) is 11.5 Å². The van der Waals surface area contributed by atoms with E-state index in [4.69, 9.17) is 4.74 Å². The van der Waals surface area contributed by atoms with Crippen molar-refractivity contribution in [3.63, 3.8) is 0 Å². The second-order valence-corrected chi connectivity index (χ2v) is 9.36. The Balaban J connectivity index is 1.34. The van der Waals surface area contributed by atoms with E-state index in [9.17, 15) is 14.0 Å².